The molecule has 1 aliphatic rings. The van der Waals surface area contributed by atoms with Crippen LogP contribution in [0.2, 0.25) is 0 Å². The zero-order valence-electron chi connectivity index (χ0n) is 9.28. The van der Waals surface area contributed by atoms with Crippen molar-refractivity contribution < 1.29 is 18.4 Å². The number of nitrogens with zero attached hydrogens (tertiary/aromatic N) is 1. The lowest BCUT2D eigenvalue weighted by Gasteiger charge is -2.11. The molecule has 1 aliphatic heterocycles. The van der Waals surface area contributed by atoms with Crippen molar-refractivity contribution in [3.63, 3.8) is 0 Å². The summed E-state index contributed by atoms with van der Waals surface area (Å²) in [5, 5.41) is 2.51. The van der Waals surface area contributed by atoms with Gasteiger partial charge in [-0.05, 0) is 18.2 Å². The van der Waals surface area contributed by atoms with Gasteiger partial charge in [-0.3, -0.25) is 9.69 Å². The third kappa shape index (κ3) is 2.79. The normalized spacial score (nSPS) is 14.8. The van der Waals surface area contributed by atoms with E-state index in [0.717, 1.165) is 28.8 Å². The van der Waals surface area contributed by atoms with Crippen LogP contribution < -0.4 is 5.32 Å². The van der Waals surface area contributed by atoms with E-state index < -0.39 is 17.7 Å². The molecule has 0 unspecified atom stereocenters. The van der Waals surface area contributed by atoms with Gasteiger partial charge in [-0.2, -0.15) is 0 Å². The molecule has 1 saturated heterocycles. The lowest BCUT2D eigenvalue weighted by molar-refractivity contribution is -0.124. The van der Waals surface area contributed by atoms with Crippen LogP contribution in [0.4, 0.5) is 13.6 Å². The van der Waals surface area contributed by atoms with Crippen LogP contribution >= 0.6 is 11.8 Å². The lowest BCUT2D eigenvalue weighted by Crippen LogP contribution is -2.35. The fraction of sp³-hybridized carbons (Fsp3) is 0.273. The number of carbonyl (C=O) groups is 2. The molecule has 1 fully saturated rings. The monoisotopic (exact) mass is 272 g/mol. The summed E-state index contributed by atoms with van der Waals surface area (Å²) in [5.41, 5.74) is 0. The molecule has 1 heterocycles. The van der Waals surface area contributed by atoms with Crippen molar-refractivity contribution in [2.24, 2.45) is 0 Å². The highest BCUT2D eigenvalue weighted by atomic mass is 32.2. The number of amides is 3. The summed E-state index contributed by atoms with van der Waals surface area (Å²) >= 11 is 1.06. The maximum atomic E-state index is 12.9. The number of nitrogens with one attached hydrogen (secondary N) is 1. The molecule has 3 amide bonds. The maximum absolute atomic E-state index is 12.9. The van der Waals surface area contributed by atoms with Crippen LogP contribution in [0.15, 0.2) is 23.1 Å². The highest BCUT2D eigenvalue weighted by Crippen LogP contribution is 2.21. The number of halogens is 2. The number of hydrogen-bond donors (Lipinski definition) is 1. The number of thioether (sulfide) groups is 1. The Morgan fingerprint density at radius 3 is 2.78 bits per heavy atom. The van der Waals surface area contributed by atoms with Crippen LogP contribution in [-0.4, -0.2) is 35.7 Å². The maximum Gasteiger partial charge on any atom is 0.324 e. The molecule has 0 bridgehead atoms. The fourth-order valence-electron chi connectivity index (χ4n) is 1.50. The van der Waals surface area contributed by atoms with Crippen LogP contribution in [0, 0.1) is 11.6 Å². The number of urea groups is 1. The van der Waals surface area contributed by atoms with E-state index in [1.54, 1.807) is 0 Å². The highest BCUT2D eigenvalue weighted by molar-refractivity contribution is 8.00. The molecule has 0 radical (unpaired) electrons. The van der Waals surface area contributed by atoms with Gasteiger partial charge in [0.25, 0.3) is 0 Å². The molecule has 1 N–H and O–H groups in total. The zero-order valence-corrected chi connectivity index (χ0v) is 10.1. The Labute approximate surface area is 106 Å². The summed E-state index contributed by atoms with van der Waals surface area (Å²) in [5.74, 6) is -2.21. The van der Waals surface area contributed by atoms with E-state index in [-0.39, 0.29) is 11.7 Å². The number of benzene rings is 1. The van der Waals surface area contributed by atoms with Crippen molar-refractivity contribution in [1.82, 2.24) is 10.2 Å². The van der Waals surface area contributed by atoms with E-state index in [0.29, 0.717) is 18.0 Å². The average Bonchev–Trinajstić information content (AvgIpc) is 2.77. The summed E-state index contributed by atoms with van der Waals surface area (Å²) in [6, 6.07) is 3.01. The third-order valence-electron chi connectivity index (χ3n) is 2.41. The van der Waals surface area contributed by atoms with Gasteiger partial charge in [0.2, 0.25) is 5.91 Å². The first-order valence-corrected chi connectivity index (χ1v) is 6.22. The molecular weight excluding hydrogens is 262 g/mol. The number of rotatable bonds is 3. The quantitative estimate of drug-likeness (QED) is 0.850. The minimum absolute atomic E-state index is 0.0124. The highest BCUT2D eigenvalue weighted by Gasteiger charge is 2.25. The van der Waals surface area contributed by atoms with Gasteiger partial charge in [0.1, 0.15) is 0 Å². The van der Waals surface area contributed by atoms with E-state index in [2.05, 4.69) is 5.32 Å². The molecule has 0 aliphatic carbocycles. The zero-order chi connectivity index (χ0) is 13.1. The Bertz CT molecular complexity index is 496. The number of hydrogen-bond acceptors (Lipinski definition) is 3. The largest absolute Gasteiger partial charge is 0.336 e. The lowest BCUT2D eigenvalue weighted by atomic mass is 10.3. The van der Waals surface area contributed by atoms with Crippen molar-refractivity contribution in [3.8, 4) is 0 Å². The van der Waals surface area contributed by atoms with Gasteiger partial charge >= 0.3 is 6.03 Å². The Morgan fingerprint density at radius 1 is 1.39 bits per heavy atom. The minimum Gasteiger partial charge on any atom is -0.336 e. The first-order valence-electron chi connectivity index (χ1n) is 5.24. The smallest absolute Gasteiger partial charge is 0.324 e. The predicted octanol–water partition coefficient (Wildman–Crippen LogP) is 1.61. The molecule has 0 saturated carbocycles. The Kier molecular flexibility index (Phi) is 3.81. The van der Waals surface area contributed by atoms with E-state index >= 15 is 0 Å². The second-order valence-electron chi connectivity index (χ2n) is 3.64. The van der Waals surface area contributed by atoms with Crippen molar-refractivity contribution in [1.29, 1.82) is 0 Å². The number of imide groups is 1. The fourth-order valence-corrected chi connectivity index (χ4v) is 2.30. The second kappa shape index (κ2) is 5.34. The van der Waals surface area contributed by atoms with E-state index in [1.165, 1.54) is 6.07 Å². The standard InChI is InChI=1S/C11H10F2N2O2S/c12-8-2-1-7(5-9(8)13)18-6-10(16)15-4-3-14-11(15)17/h1-2,5H,3-4,6H2,(H,14,17). The van der Waals surface area contributed by atoms with Crippen LogP contribution in [0.1, 0.15) is 0 Å². The van der Waals surface area contributed by atoms with Crippen LogP contribution in [0.5, 0.6) is 0 Å². The summed E-state index contributed by atoms with van der Waals surface area (Å²) < 4.78 is 25.6. The van der Waals surface area contributed by atoms with E-state index in [1.807, 2.05) is 0 Å². The molecule has 0 aromatic heterocycles. The van der Waals surface area contributed by atoms with Gasteiger partial charge in [-0.1, -0.05) is 0 Å². The third-order valence-corrected chi connectivity index (χ3v) is 3.39. The predicted molar refractivity (Wildman–Crippen MR) is 62.2 cm³/mol. The molecule has 4 nitrogen and oxygen atoms in total. The van der Waals surface area contributed by atoms with E-state index in [4.69, 9.17) is 0 Å². The molecule has 18 heavy (non-hydrogen) atoms. The Hall–Kier alpha value is -1.63. The summed E-state index contributed by atoms with van der Waals surface area (Å²) in [7, 11) is 0. The van der Waals surface area contributed by atoms with Crippen LogP contribution in [0.25, 0.3) is 0 Å². The molecule has 1 aromatic carbocycles. The van der Waals surface area contributed by atoms with Crippen molar-refractivity contribution in [2.75, 3.05) is 18.8 Å². The molecule has 0 atom stereocenters. The molecule has 7 heteroatoms. The van der Waals surface area contributed by atoms with Crippen molar-refractivity contribution >= 4 is 23.7 Å². The first-order chi connectivity index (χ1) is 8.58. The molecule has 1 aromatic rings. The van der Waals surface area contributed by atoms with Gasteiger partial charge in [0.15, 0.2) is 11.6 Å². The minimum atomic E-state index is -0.952. The molecular formula is C11H10F2N2O2S. The van der Waals surface area contributed by atoms with Crippen molar-refractivity contribution in [3.05, 3.63) is 29.8 Å². The topological polar surface area (TPSA) is 49.4 Å². The van der Waals surface area contributed by atoms with Gasteiger partial charge in [0, 0.05) is 18.0 Å². The molecule has 96 valence electrons. The van der Waals surface area contributed by atoms with Gasteiger partial charge in [0.05, 0.1) is 5.75 Å². The van der Waals surface area contributed by atoms with Crippen LogP contribution in [-0.2, 0) is 4.79 Å². The van der Waals surface area contributed by atoms with Gasteiger partial charge in [-0.15, -0.1) is 11.8 Å². The summed E-state index contributed by atoms with van der Waals surface area (Å²) in [6.07, 6.45) is 0. The SMILES string of the molecule is O=C(CSc1ccc(F)c(F)c1)N1CCNC1=O. The first kappa shape index (κ1) is 12.8. The summed E-state index contributed by atoms with van der Waals surface area (Å²) in [4.78, 5) is 24.4. The van der Waals surface area contributed by atoms with Crippen molar-refractivity contribution in [2.45, 2.75) is 4.90 Å². The van der Waals surface area contributed by atoms with Gasteiger partial charge in [-0.25, -0.2) is 13.6 Å². The van der Waals surface area contributed by atoms with Gasteiger partial charge < -0.3 is 5.32 Å². The Balaban J connectivity index is 1.93. The molecule has 0 spiro atoms. The Morgan fingerprint density at radius 2 is 2.17 bits per heavy atom. The summed E-state index contributed by atoms with van der Waals surface area (Å²) in [6.45, 7) is 0.788. The second-order valence-corrected chi connectivity index (χ2v) is 4.69. The van der Waals surface area contributed by atoms with Crippen LogP contribution in [0.3, 0.4) is 0 Å². The molecule has 2 rings (SSSR count). The number of carbonyl (C=O) groups excluding carboxylic acids is 2. The van der Waals surface area contributed by atoms with E-state index in [9.17, 15) is 18.4 Å². The average molecular weight is 272 g/mol.